The van der Waals surface area contributed by atoms with E-state index in [9.17, 15) is 34.5 Å². The van der Waals surface area contributed by atoms with Crippen LogP contribution in [0.4, 0.5) is 34.5 Å². The van der Waals surface area contributed by atoms with E-state index in [1.807, 2.05) is 0 Å². The fourth-order valence-corrected chi connectivity index (χ4v) is 6.93. The molecule has 202 valence electrons. The second-order valence-electron chi connectivity index (χ2n) is 8.50. The number of hydrogen-bond donors (Lipinski definition) is 0. The highest BCUT2D eigenvalue weighted by Gasteiger charge is 2.22. The molecule has 0 N–H and O–H groups in total. The van der Waals surface area contributed by atoms with Gasteiger partial charge in [-0.2, -0.15) is 0 Å². The number of rotatable bonds is 0. The molecule has 0 saturated heterocycles. The summed E-state index contributed by atoms with van der Waals surface area (Å²) in [5.41, 5.74) is 5.73. The molecule has 0 aliphatic carbocycles. The van der Waals surface area contributed by atoms with Crippen molar-refractivity contribution in [1.29, 1.82) is 0 Å². The summed E-state index contributed by atoms with van der Waals surface area (Å²) in [6.45, 7) is 1.54. The molecule has 0 spiro atoms. The molecule has 0 unspecified atom stereocenters. The molecule has 36 heavy (non-hydrogen) atoms. The van der Waals surface area contributed by atoms with Gasteiger partial charge >= 0.3 is 14.5 Å². The van der Waals surface area contributed by atoms with Gasteiger partial charge in [0.15, 0.2) is 0 Å². The summed E-state index contributed by atoms with van der Waals surface area (Å²) >= 11 is 0. The van der Waals surface area contributed by atoms with Crippen molar-refractivity contribution in [3.05, 3.63) is 58.7 Å². The minimum Gasteiger partial charge on any atom is -0.494 e. The lowest BCUT2D eigenvalue weighted by molar-refractivity contribution is 0.266. The number of ether oxygens (including phenoxy) is 2. The molecular weight excluding hydrogens is 534 g/mol. The maximum Gasteiger partial charge on any atom is 0.673 e. The molecule has 5 rings (SSSR count). The van der Waals surface area contributed by atoms with Crippen molar-refractivity contribution in [3.63, 3.8) is 0 Å². The summed E-state index contributed by atoms with van der Waals surface area (Å²) in [6.07, 6.45) is 6.83. The van der Waals surface area contributed by atoms with Crippen LogP contribution in [0.3, 0.4) is 0 Å². The maximum atomic E-state index is 9.75. The van der Waals surface area contributed by atoms with Gasteiger partial charge in [-0.1, -0.05) is 0 Å². The van der Waals surface area contributed by atoms with Gasteiger partial charge in [-0.3, -0.25) is 0 Å². The van der Waals surface area contributed by atoms with Gasteiger partial charge in [0, 0.05) is 22.3 Å². The van der Waals surface area contributed by atoms with Crippen molar-refractivity contribution in [2.24, 2.45) is 0 Å². The summed E-state index contributed by atoms with van der Waals surface area (Å²) in [5, 5.41) is 0. The molecule has 0 atom stereocenters. The number of halogens is 8. The topological polar surface area (TPSA) is 18.5 Å². The molecule has 2 aromatic rings. The maximum absolute atomic E-state index is 9.75. The lowest BCUT2D eigenvalue weighted by Gasteiger charge is -2.14. The van der Waals surface area contributed by atoms with Crippen LogP contribution in [0.2, 0.25) is 0 Å². The average Bonchev–Trinajstić information content (AvgIpc) is 2.66. The van der Waals surface area contributed by atoms with Crippen molar-refractivity contribution >= 4 is 36.3 Å². The minimum absolute atomic E-state index is 0.307. The molecule has 2 aromatic carbocycles. The van der Waals surface area contributed by atoms with Gasteiger partial charge < -0.3 is 44.0 Å². The second-order valence-corrected chi connectivity index (χ2v) is 12.8. The zero-order valence-electron chi connectivity index (χ0n) is 19.9. The largest absolute Gasteiger partial charge is 0.673 e. The van der Waals surface area contributed by atoms with Gasteiger partial charge in [-0.15, -0.1) is 0 Å². The van der Waals surface area contributed by atoms with Crippen LogP contribution < -0.4 is 9.47 Å². The van der Waals surface area contributed by atoms with Crippen molar-refractivity contribution in [3.8, 4) is 11.5 Å². The standard InChI is InChI=1S/C22H28O2S2.2BF4/c1-25-13-17-7-19-11-21(9-17)23-5-3-4-6-24-22-10-18(14-25)8-20(12-22)16-26(2)15-19;2*2-1(3,4)5/h7-12H,3-6,13-16H2,1-2H3;;/q+2;2*-1. The van der Waals surface area contributed by atoms with Crippen molar-refractivity contribution in [2.45, 2.75) is 35.9 Å². The number of hydrogen-bond acceptors (Lipinski definition) is 2. The lowest BCUT2D eigenvalue weighted by atomic mass is 10.1. The van der Waals surface area contributed by atoms with E-state index in [-0.39, 0.29) is 0 Å². The Morgan fingerprint density at radius 3 is 1.03 bits per heavy atom. The first-order valence-corrected chi connectivity index (χ1v) is 15.0. The predicted molar refractivity (Wildman–Crippen MR) is 135 cm³/mol. The molecule has 3 heterocycles. The average molecular weight is 562 g/mol. The summed E-state index contributed by atoms with van der Waals surface area (Å²) in [4.78, 5) is 0. The molecule has 0 radical (unpaired) electrons. The van der Waals surface area contributed by atoms with E-state index in [1.54, 1.807) is 0 Å². The molecule has 2 nitrogen and oxygen atoms in total. The van der Waals surface area contributed by atoms with E-state index < -0.39 is 14.5 Å². The first-order chi connectivity index (χ1) is 16.6. The van der Waals surface area contributed by atoms with Gasteiger partial charge in [-0.25, -0.2) is 0 Å². The summed E-state index contributed by atoms with van der Waals surface area (Å²) in [5.74, 6) is 6.62. The Morgan fingerprint density at radius 1 is 0.528 bits per heavy atom. The Bertz CT molecular complexity index is 838. The number of fused-ring (bicyclic) bond motifs is 9. The SMILES string of the molecule is C[S+]1Cc2cc3cc(c2)OCCCCOc2cc(cc(c2)C[S+](C)C3)C1.F[B-](F)(F)F.F[B-](F)(F)F. The van der Waals surface area contributed by atoms with Crippen LogP contribution in [-0.4, -0.2) is 40.2 Å². The van der Waals surface area contributed by atoms with E-state index >= 15 is 0 Å². The van der Waals surface area contributed by atoms with Gasteiger partial charge in [-0.05, 0) is 71.0 Å². The van der Waals surface area contributed by atoms with Crippen LogP contribution in [0.15, 0.2) is 36.4 Å². The first kappa shape index (κ1) is 30.5. The minimum atomic E-state index is -6.00. The Morgan fingerprint density at radius 2 is 0.778 bits per heavy atom. The smallest absolute Gasteiger partial charge is 0.494 e. The van der Waals surface area contributed by atoms with E-state index in [2.05, 4.69) is 48.9 Å². The molecule has 0 amide bonds. The first-order valence-electron chi connectivity index (χ1n) is 11.1. The van der Waals surface area contributed by atoms with Crippen LogP contribution in [0.25, 0.3) is 0 Å². The van der Waals surface area contributed by atoms with Crippen molar-refractivity contribution in [2.75, 3.05) is 25.7 Å². The van der Waals surface area contributed by atoms with Crippen molar-refractivity contribution < 1.29 is 44.0 Å². The van der Waals surface area contributed by atoms with Gasteiger partial charge in [0.2, 0.25) is 0 Å². The van der Waals surface area contributed by atoms with Gasteiger partial charge in [0.05, 0.1) is 25.7 Å². The summed E-state index contributed by atoms with van der Waals surface area (Å²) in [6, 6.07) is 13.9. The summed E-state index contributed by atoms with van der Waals surface area (Å²) in [7, 11) is -11.4. The fraction of sp³-hybridized carbons (Fsp3) is 0.455. The van der Waals surface area contributed by atoms with Crippen LogP contribution in [-0.2, 0) is 44.8 Å². The van der Waals surface area contributed by atoms with Crippen LogP contribution in [0.5, 0.6) is 11.5 Å². The third kappa shape index (κ3) is 14.2. The van der Waals surface area contributed by atoms with E-state index in [1.165, 1.54) is 22.3 Å². The quantitative estimate of drug-likeness (QED) is 0.195. The molecule has 3 aliphatic heterocycles. The molecule has 0 saturated carbocycles. The highest BCUT2D eigenvalue weighted by molar-refractivity contribution is 7.95. The van der Waals surface area contributed by atoms with E-state index in [0.29, 0.717) is 21.8 Å². The van der Waals surface area contributed by atoms with Crippen LogP contribution in [0, 0.1) is 0 Å². The highest BCUT2D eigenvalue weighted by atomic mass is 32.2. The zero-order valence-corrected chi connectivity index (χ0v) is 21.6. The molecular formula is C22H28B2F8O2S2. The second kappa shape index (κ2) is 13.7. The van der Waals surface area contributed by atoms with E-state index in [0.717, 1.165) is 60.6 Å². The Labute approximate surface area is 212 Å². The predicted octanol–water partition coefficient (Wildman–Crippen LogP) is 7.05. The van der Waals surface area contributed by atoms with E-state index in [4.69, 9.17) is 9.47 Å². The van der Waals surface area contributed by atoms with Crippen molar-refractivity contribution in [1.82, 2.24) is 0 Å². The monoisotopic (exact) mass is 562 g/mol. The molecule has 0 aromatic heterocycles. The molecule has 3 aliphatic rings. The van der Waals surface area contributed by atoms with Gasteiger partial charge in [0.25, 0.3) is 0 Å². The lowest BCUT2D eigenvalue weighted by Crippen LogP contribution is -2.12. The Balaban J connectivity index is 0.000000389. The highest BCUT2D eigenvalue weighted by Crippen LogP contribution is 2.28. The number of benzene rings is 2. The Hall–Kier alpha value is -1.69. The molecule has 0 fully saturated rings. The molecule has 6 bridgehead atoms. The van der Waals surface area contributed by atoms with Crippen LogP contribution in [0.1, 0.15) is 35.1 Å². The molecule has 14 heteroatoms. The third-order valence-electron chi connectivity index (χ3n) is 4.78. The van der Waals surface area contributed by atoms with Gasteiger partial charge in [0.1, 0.15) is 34.5 Å². The third-order valence-corrected chi connectivity index (χ3v) is 8.09. The normalized spacial score (nSPS) is 20.1. The fourth-order valence-electron chi connectivity index (χ4n) is 3.78. The zero-order chi connectivity index (χ0) is 26.9. The Kier molecular flexibility index (Phi) is 11.7. The summed E-state index contributed by atoms with van der Waals surface area (Å²) < 4.78 is 90.2. The van der Waals surface area contributed by atoms with Crippen LogP contribution >= 0.6 is 0 Å².